The lowest BCUT2D eigenvalue weighted by Crippen LogP contribution is -2.32. The minimum atomic E-state index is -0.620. The second-order valence-electron chi connectivity index (χ2n) is 4.90. The fourth-order valence-corrected chi connectivity index (χ4v) is 2.53. The molecule has 0 bridgehead atoms. The SMILES string of the molecule is O=C(/C=C/c1ccc(Cl)cc1Cl)NC(=S)Nc1cc([N+](=O)[O-])ccc1O. The van der Waals surface area contributed by atoms with Crippen LogP contribution in [0.3, 0.4) is 0 Å². The predicted molar refractivity (Wildman–Crippen MR) is 105 cm³/mol. The van der Waals surface area contributed by atoms with Crippen molar-refractivity contribution in [1.29, 1.82) is 0 Å². The molecule has 2 aromatic carbocycles. The summed E-state index contributed by atoms with van der Waals surface area (Å²) in [7, 11) is 0. The lowest BCUT2D eigenvalue weighted by atomic mass is 10.2. The van der Waals surface area contributed by atoms with E-state index in [1.807, 2.05) is 0 Å². The number of nitrogens with zero attached hydrogens (tertiary/aromatic N) is 1. The van der Waals surface area contributed by atoms with E-state index in [-0.39, 0.29) is 22.2 Å². The van der Waals surface area contributed by atoms with Crippen LogP contribution in [0.15, 0.2) is 42.5 Å². The van der Waals surface area contributed by atoms with Gasteiger partial charge < -0.3 is 10.4 Å². The molecule has 0 aromatic heterocycles. The van der Waals surface area contributed by atoms with Crippen LogP contribution in [-0.2, 0) is 4.79 Å². The van der Waals surface area contributed by atoms with E-state index >= 15 is 0 Å². The molecule has 10 heteroatoms. The lowest BCUT2D eigenvalue weighted by molar-refractivity contribution is -0.384. The van der Waals surface area contributed by atoms with Crippen molar-refractivity contribution in [2.45, 2.75) is 0 Å². The first-order valence-corrected chi connectivity index (χ1v) is 8.15. The van der Waals surface area contributed by atoms with Crippen molar-refractivity contribution in [1.82, 2.24) is 5.32 Å². The van der Waals surface area contributed by atoms with Crippen molar-refractivity contribution in [3.8, 4) is 5.75 Å². The Labute approximate surface area is 163 Å². The van der Waals surface area contributed by atoms with Crippen molar-refractivity contribution in [2.24, 2.45) is 0 Å². The Bertz CT molecular complexity index is 918. The number of phenols is 1. The molecule has 0 atom stereocenters. The van der Waals surface area contributed by atoms with E-state index in [2.05, 4.69) is 10.6 Å². The maximum Gasteiger partial charge on any atom is 0.271 e. The molecule has 2 aromatic rings. The third kappa shape index (κ3) is 5.41. The van der Waals surface area contributed by atoms with Gasteiger partial charge in [-0.05, 0) is 42.1 Å². The Balaban J connectivity index is 2.01. The second-order valence-corrected chi connectivity index (χ2v) is 6.15. The molecule has 0 heterocycles. The minimum Gasteiger partial charge on any atom is -0.506 e. The molecule has 0 aliphatic carbocycles. The van der Waals surface area contributed by atoms with E-state index in [9.17, 15) is 20.0 Å². The predicted octanol–water partition coefficient (Wildman–Crippen LogP) is 4.13. The fourth-order valence-electron chi connectivity index (χ4n) is 1.85. The molecular weight excluding hydrogens is 401 g/mol. The summed E-state index contributed by atoms with van der Waals surface area (Å²) in [6, 6.07) is 8.19. The highest BCUT2D eigenvalue weighted by molar-refractivity contribution is 7.80. The van der Waals surface area contributed by atoms with Gasteiger partial charge in [0.15, 0.2) is 5.11 Å². The van der Waals surface area contributed by atoms with E-state index in [0.717, 1.165) is 18.2 Å². The molecule has 0 fully saturated rings. The van der Waals surface area contributed by atoms with Crippen LogP contribution < -0.4 is 10.6 Å². The number of carbonyl (C=O) groups excluding carboxylic acids is 1. The van der Waals surface area contributed by atoms with Gasteiger partial charge in [-0.2, -0.15) is 0 Å². The molecule has 134 valence electrons. The van der Waals surface area contributed by atoms with Crippen LogP contribution in [-0.4, -0.2) is 21.0 Å². The topological polar surface area (TPSA) is 104 Å². The number of amides is 1. The minimum absolute atomic E-state index is 0.00535. The largest absolute Gasteiger partial charge is 0.506 e. The Morgan fingerprint density at radius 2 is 1.96 bits per heavy atom. The molecule has 2 rings (SSSR count). The molecule has 1 amide bonds. The van der Waals surface area contributed by atoms with Crippen LogP contribution in [0.4, 0.5) is 11.4 Å². The summed E-state index contributed by atoms with van der Waals surface area (Å²) in [5.41, 5.74) is 0.340. The van der Waals surface area contributed by atoms with Crippen molar-refractivity contribution >= 4 is 63.9 Å². The monoisotopic (exact) mass is 411 g/mol. The van der Waals surface area contributed by atoms with Crippen LogP contribution >= 0.6 is 35.4 Å². The first-order valence-electron chi connectivity index (χ1n) is 6.99. The number of benzene rings is 2. The van der Waals surface area contributed by atoms with Crippen LogP contribution in [0.1, 0.15) is 5.56 Å². The number of anilines is 1. The summed E-state index contributed by atoms with van der Waals surface area (Å²) in [6.07, 6.45) is 2.68. The first-order chi connectivity index (χ1) is 12.3. The molecular formula is C16H11Cl2N3O4S. The van der Waals surface area contributed by atoms with Gasteiger partial charge in [0.1, 0.15) is 5.75 Å². The highest BCUT2D eigenvalue weighted by Gasteiger charge is 2.12. The molecule has 0 saturated heterocycles. The summed E-state index contributed by atoms with van der Waals surface area (Å²) in [4.78, 5) is 22.0. The molecule has 0 spiro atoms. The van der Waals surface area contributed by atoms with E-state index < -0.39 is 10.8 Å². The molecule has 7 nitrogen and oxygen atoms in total. The average Bonchev–Trinajstić information content (AvgIpc) is 2.55. The van der Waals surface area contributed by atoms with Gasteiger partial charge >= 0.3 is 0 Å². The number of thiocarbonyl (C=S) groups is 1. The number of nitrogens with one attached hydrogen (secondary N) is 2. The van der Waals surface area contributed by atoms with Gasteiger partial charge in [-0.1, -0.05) is 29.3 Å². The Kier molecular flexibility index (Phi) is 6.51. The van der Waals surface area contributed by atoms with Crippen LogP contribution in [0.25, 0.3) is 6.08 Å². The number of aromatic hydroxyl groups is 1. The van der Waals surface area contributed by atoms with Crippen molar-refractivity contribution < 1.29 is 14.8 Å². The maximum absolute atomic E-state index is 11.9. The van der Waals surface area contributed by atoms with Gasteiger partial charge in [-0.3, -0.25) is 20.2 Å². The highest BCUT2D eigenvalue weighted by Crippen LogP contribution is 2.27. The van der Waals surface area contributed by atoms with E-state index in [1.54, 1.807) is 12.1 Å². The molecule has 0 unspecified atom stereocenters. The summed E-state index contributed by atoms with van der Waals surface area (Å²) >= 11 is 16.7. The maximum atomic E-state index is 11.9. The number of rotatable bonds is 4. The number of hydrogen-bond acceptors (Lipinski definition) is 5. The Morgan fingerprint density at radius 3 is 2.62 bits per heavy atom. The standard InChI is InChI=1S/C16H11Cl2N3O4S/c17-10-3-1-9(12(18)7-10)2-6-15(23)20-16(26)19-13-8-11(21(24)25)4-5-14(13)22/h1-8,22H,(H2,19,20,23,26)/b6-2+. The third-order valence-corrected chi connectivity index (χ3v) is 3.82. The van der Waals surface area contributed by atoms with Gasteiger partial charge in [-0.25, -0.2) is 0 Å². The normalized spacial score (nSPS) is 10.5. The fraction of sp³-hybridized carbons (Fsp3) is 0. The summed E-state index contributed by atoms with van der Waals surface area (Å²) in [6.45, 7) is 0. The van der Waals surface area contributed by atoms with Gasteiger partial charge in [0.2, 0.25) is 5.91 Å². The molecule has 26 heavy (non-hydrogen) atoms. The van der Waals surface area contributed by atoms with Crippen LogP contribution in [0.2, 0.25) is 10.0 Å². The number of hydrogen-bond donors (Lipinski definition) is 3. The smallest absolute Gasteiger partial charge is 0.271 e. The summed E-state index contributed by atoms with van der Waals surface area (Å²) < 4.78 is 0. The summed E-state index contributed by atoms with van der Waals surface area (Å²) in [5.74, 6) is -0.811. The Morgan fingerprint density at radius 1 is 1.23 bits per heavy atom. The highest BCUT2D eigenvalue weighted by atomic mass is 35.5. The number of nitro benzene ring substituents is 1. The van der Waals surface area contributed by atoms with Gasteiger partial charge in [0.05, 0.1) is 10.6 Å². The average molecular weight is 412 g/mol. The Hall–Kier alpha value is -2.68. The number of phenolic OH excluding ortho intramolecular Hbond substituents is 1. The van der Waals surface area contributed by atoms with Crippen molar-refractivity contribution in [2.75, 3.05) is 5.32 Å². The van der Waals surface area contributed by atoms with Gasteiger partial charge in [0.25, 0.3) is 5.69 Å². The van der Waals surface area contributed by atoms with E-state index in [1.165, 1.54) is 18.2 Å². The number of carbonyl (C=O) groups is 1. The zero-order valence-electron chi connectivity index (χ0n) is 12.9. The molecule has 3 N–H and O–H groups in total. The second kappa shape index (κ2) is 8.61. The first kappa shape index (κ1) is 19.6. The number of halogens is 2. The molecule has 0 saturated carbocycles. The van der Waals surface area contributed by atoms with Crippen molar-refractivity contribution in [3.63, 3.8) is 0 Å². The van der Waals surface area contributed by atoms with Crippen LogP contribution in [0, 0.1) is 10.1 Å². The molecule has 0 aliphatic heterocycles. The quantitative estimate of drug-likeness (QED) is 0.229. The van der Waals surface area contributed by atoms with Crippen LogP contribution in [0.5, 0.6) is 5.75 Å². The lowest BCUT2D eigenvalue weighted by Gasteiger charge is -2.09. The summed E-state index contributed by atoms with van der Waals surface area (Å²) in [5, 5.41) is 26.0. The molecule has 0 radical (unpaired) electrons. The third-order valence-electron chi connectivity index (χ3n) is 3.05. The zero-order valence-corrected chi connectivity index (χ0v) is 15.2. The van der Waals surface area contributed by atoms with E-state index in [4.69, 9.17) is 35.4 Å². The zero-order chi connectivity index (χ0) is 19.3. The molecule has 0 aliphatic rings. The van der Waals surface area contributed by atoms with E-state index in [0.29, 0.717) is 15.6 Å². The number of non-ortho nitro benzene ring substituents is 1. The van der Waals surface area contributed by atoms with Gasteiger partial charge in [0, 0.05) is 28.3 Å². The van der Waals surface area contributed by atoms with Crippen molar-refractivity contribution in [3.05, 3.63) is 68.2 Å². The van der Waals surface area contributed by atoms with Gasteiger partial charge in [-0.15, -0.1) is 0 Å². The number of nitro groups is 1.